The predicted molar refractivity (Wildman–Crippen MR) is 80.9 cm³/mol. The quantitative estimate of drug-likeness (QED) is 0.928. The second-order valence-electron chi connectivity index (χ2n) is 4.05. The maximum absolute atomic E-state index is 12.3. The Morgan fingerprint density at radius 3 is 2.65 bits per heavy atom. The molecule has 0 radical (unpaired) electrons. The van der Waals surface area contributed by atoms with Crippen molar-refractivity contribution in [1.82, 2.24) is 4.98 Å². The van der Waals surface area contributed by atoms with E-state index in [0.717, 1.165) is 5.69 Å². The Morgan fingerprint density at radius 2 is 1.95 bits per heavy atom. The lowest BCUT2D eigenvalue weighted by atomic mass is 10.3. The van der Waals surface area contributed by atoms with Crippen LogP contribution in [-0.2, 0) is 16.4 Å². The number of aryl methyl sites for hydroxylation is 1. The molecule has 0 fully saturated rings. The van der Waals surface area contributed by atoms with Gasteiger partial charge in [0.25, 0.3) is 10.0 Å². The van der Waals surface area contributed by atoms with Crippen LogP contribution >= 0.6 is 23.2 Å². The van der Waals surface area contributed by atoms with E-state index in [1.54, 1.807) is 12.1 Å². The first-order chi connectivity index (χ1) is 9.42. The molecule has 0 bridgehead atoms. The van der Waals surface area contributed by atoms with Gasteiger partial charge >= 0.3 is 0 Å². The minimum Gasteiger partial charge on any atom is -0.263 e. The Balaban J connectivity index is 2.38. The second-order valence-corrected chi connectivity index (χ2v) is 6.54. The van der Waals surface area contributed by atoms with Crippen LogP contribution in [0.4, 0.5) is 5.82 Å². The van der Waals surface area contributed by atoms with Crippen molar-refractivity contribution in [1.29, 1.82) is 0 Å². The third kappa shape index (κ3) is 3.42. The first-order valence-electron chi connectivity index (χ1n) is 5.86. The summed E-state index contributed by atoms with van der Waals surface area (Å²) in [7, 11) is -3.82. The van der Waals surface area contributed by atoms with Crippen LogP contribution in [0.25, 0.3) is 0 Å². The van der Waals surface area contributed by atoms with E-state index in [0.29, 0.717) is 11.4 Å². The van der Waals surface area contributed by atoms with Crippen molar-refractivity contribution in [2.24, 2.45) is 0 Å². The second kappa shape index (κ2) is 5.99. The van der Waals surface area contributed by atoms with E-state index in [2.05, 4.69) is 9.71 Å². The normalized spacial score (nSPS) is 11.3. The minimum absolute atomic E-state index is 0.0737. The summed E-state index contributed by atoms with van der Waals surface area (Å²) in [6.07, 6.45) is 0.716. The molecule has 0 aliphatic rings. The maximum atomic E-state index is 12.3. The third-order valence-corrected chi connectivity index (χ3v) is 4.66. The Bertz CT molecular complexity index is 733. The van der Waals surface area contributed by atoms with Gasteiger partial charge in [0.05, 0.1) is 5.02 Å². The van der Waals surface area contributed by atoms with E-state index in [1.807, 2.05) is 13.0 Å². The summed E-state index contributed by atoms with van der Waals surface area (Å²) < 4.78 is 27.0. The van der Waals surface area contributed by atoms with Gasteiger partial charge in [-0.25, -0.2) is 13.4 Å². The molecular formula is C13H12Cl2N2O2S. The lowest BCUT2D eigenvalue weighted by Crippen LogP contribution is -2.14. The average Bonchev–Trinajstić information content (AvgIpc) is 2.41. The molecule has 0 aliphatic carbocycles. The first kappa shape index (κ1) is 15.1. The molecule has 2 rings (SSSR count). The molecule has 1 aromatic carbocycles. The van der Waals surface area contributed by atoms with Crippen molar-refractivity contribution >= 4 is 39.0 Å². The van der Waals surface area contributed by atoms with Gasteiger partial charge in [-0.3, -0.25) is 4.72 Å². The van der Waals surface area contributed by atoms with Crippen LogP contribution in [0.3, 0.4) is 0 Å². The number of anilines is 1. The fourth-order valence-corrected chi connectivity index (χ4v) is 3.37. The first-order valence-corrected chi connectivity index (χ1v) is 8.10. The van der Waals surface area contributed by atoms with Gasteiger partial charge in [0.1, 0.15) is 10.7 Å². The van der Waals surface area contributed by atoms with E-state index in [4.69, 9.17) is 23.2 Å². The highest BCUT2D eigenvalue weighted by Crippen LogP contribution is 2.26. The van der Waals surface area contributed by atoms with Crippen LogP contribution in [0.5, 0.6) is 0 Å². The molecule has 0 unspecified atom stereocenters. The summed E-state index contributed by atoms with van der Waals surface area (Å²) in [5, 5.41) is 0.401. The van der Waals surface area contributed by atoms with Crippen LogP contribution in [0.15, 0.2) is 41.3 Å². The molecule has 1 heterocycles. The number of sulfonamides is 1. The van der Waals surface area contributed by atoms with Crippen molar-refractivity contribution in [2.45, 2.75) is 18.2 Å². The van der Waals surface area contributed by atoms with Gasteiger partial charge in [-0.05, 0) is 36.8 Å². The van der Waals surface area contributed by atoms with Crippen LogP contribution in [0.1, 0.15) is 12.6 Å². The number of pyridine rings is 1. The van der Waals surface area contributed by atoms with Gasteiger partial charge in [-0.1, -0.05) is 36.2 Å². The van der Waals surface area contributed by atoms with Crippen molar-refractivity contribution in [3.05, 3.63) is 52.1 Å². The van der Waals surface area contributed by atoms with Crippen molar-refractivity contribution in [2.75, 3.05) is 4.72 Å². The van der Waals surface area contributed by atoms with Crippen LogP contribution in [-0.4, -0.2) is 13.4 Å². The Labute approximate surface area is 127 Å². The fourth-order valence-electron chi connectivity index (χ4n) is 1.61. The monoisotopic (exact) mass is 330 g/mol. The number of hydrogen-bond acceptors (Lipinski definition) is 3. The lowest BCUT2D eigenvalue weighted by Gasteiger charge is -2.10. The number of nitrogens with one attached hydrogen (secondary N) is 1. The zero-order valence-electron chi connectivity index (χ0n) is 10.6. The number of benzene rings is 1. The molecule has 20 heavy (non-hydrogen) atoms. The molecule has 0 atom stereocenters. The smallest absolute Gasteiger partial charge is 0.263 e. The summed E-state index contributed by atoms with van der Waals surface area (Å²) >= 11 is 11.7. The van der Waals surface area contributed by atoms with Gasteiger partial charge in [-0.2, -0.15) is 0 Å². The largest absolute Gasteiger partial charge is 0.264 e. The molecule has 1 N–H and O–H groups in total. The molecule has 7 heteroatoms. The number of nitrogens with zero attached hydrogens (tertiary/aromatic N) is 1. The van der Waals surface area contributed by atoms with E-state index in [-0.39, 0.29) is 15.7 Å². The van der Waals surface area contributed by atoms with Crippen LogP contribution in [0, 0.1) is 0 Å². The summed E-state index contributed by atoms with van der Waals surface area (Å²) in [5.74, 6) is 0.250. The third-order valence-electron chi connectivity index (χ3n) is 2.59. The molecule has 0 amide bonds. The van der Waals surface area contributed by atoms with E-state index < -0.39 is 10.0 Å². The molecule has 0 saturated heterocycles. The highest BCUT2D eigenvalue weighted by Gasteiger charge is 2.19. The summed E-state index contributed by atoms with van der Waals surface area (Å²) in [6, 6.07) is 9.41. The Kier molecular flexibility index (Phi) is 4.52. The molecule has 0 spiro atoms. The zero-order valence-corrected chi connectivity index (χ0v) is 12.9. The standard InChI is InChI=1S/C13H12Cl2N2O2S/c1-2-10-4-3-5-13(16-10)17-20(18,19)12-8-9(14)6-7-11(12)15/h3-8H,2H2,1H3,(H,16,17). The fraction of sp³-hybridized carbons (Fsp3) is 0.154. The van der Waals surface area contributed by atoms with Crippen LogP contribution in [0.2, 0.25) is 10.0 Å². The van der Waals surface area contributed by atoms with Gasteiger partial charge in [-0.15, -0.1) is 0 Å². The molecule has 0 aliphatic heterocycles. The lowest BCUT2D eigenvalue weighted by molar-refractivity contribution is 0.601. The SMILES string of the molecule is CCc1cccc(NS(=O)(=O)c2cc(Cl)ccc2Cl)n1. The molecule has 106 valence electrons. The average molecular weight is 331 g/mol. The summed E-state index contributed by atoms with van der Waals surface area (Å²) in [6.45, 7) is 1.94. The molecule has 2 aromatic rings. The number of halogens is 2. The van der Waals surface area contributed by atoms with E-state index >= 15 is 0 Å². The Hall–Kier alpha value is -1.30. The summed E-state index contributed by atoms with van der Waals surface area (Å²) in [5.41, 5.74) is 0.794. The van der Waals surface area contributed by atoms with Crippen molar-refractivity contribution < 1.29 is 8.42 Å². The minimum atomic E-state index is -3.82. The number of aromatic nitrogens is 1. The molecule has 4 nitrogen and oxygen atoms in total. The molecular weight excluding hydrogens is 319 g/mol. The highest BCUT2D eigenvalue weighted by atomic mass is 35.5. The topological polar surface area (TPSA) is 59.1 Å². The van der Waals surface area contributed by atoms with Crippen molar-refractivity contribution in [3.8, 4) is 0 Å². The predicted octanol–water partition coefficient (Wildman–Crippen LogP) is 3.75. The van der Waals surface area contributed by atoms with E-state index in [9.17, 15) is 8.42 Å². The molecule has 0 saturated carbocycles. The summed E-state index contributed by atoms with van der Waals surface area (Å²) in [4.78, 5) is 4.11. The number of hydrogen-bond donors (Lipinski definition) is 1. The van der Waals surface area contributed by atoms with Gasteiger partial charge < -0.3 is 0 Å². The maximum Gasteiger partial charge on any atom is 0.264 e. The number of rotatable bonds is 4. The molecule has 1 aromatic heterocycles. The van der Waals surface area contributed by atoms with E-state index in [1.165, 1.54) is 18.2 Å². The zero-order chi connectivity index (χ0) is 14.8. The van der Waals surface area contributed by atoms with Crippen LogP contribution < -0.4 is 4.72 Å². The highest BCUT2D eigenvalue weighted by molar-refractivity contribution is 7.92. The van der Waals surface area contributed by atoms with Crippen molar-refractivity contribution in [3.63, 3.8) is 0 Å². The van der Waals surface area contributed by atoms with Gasteiger partial charge in [0.15, 0.2) is 0 Å². The van der Waals surface area contributed by atoms with Gasteiger partial charge in [0.2, 0.25) is 0 Å². The Morgan fingerprint density at radius 1 is 1.20 bits per heavy atom. The van der Waals surface area contributed by atoms with Gasteiger partial charge in [0, 0.05) is 10.7 Å².